The van der Waals surface area contributed by atoms with E-state index in [-0.39, 0.29) is 25.2 Å². The Hall–Kier alpha value is -1.59. The molecular weight excluding hydrogens is 246 g/mol. The highest BCUT2D eigenvalue weighted by Crippen LogP contribution is 2.09. The fourth-order valence-corrected chi connectivity index (χ4v) is 1.97. The van der Waals surface area contributed by atoms with Gasteiger partial charge in [-0.15, -0.1) is 0 Å². The molecule has 104 valence electrons. The summed E-state index contributed by atoms with van der Waals surface area (Å²) >= 11 is 0. The first-order chi connectivity index (χ1) is 9.29. The second-order valence-corrected chi connectivity index (χ2v) is 4.61. The molecule has 1 amide bonds. The number of amides is 1. The monoisotopic (exact) mass is 265 g/mol. The first kappa shape index (κ1) is 13.8. The van der Waals surface area contributed by atoms with Crippen LogP contribution in [0.4, 0.5) is 4.79 Å². The highest BCUT2D eigenvalue weighted by atomic mass is 16.6. The number of ether oxygens (including phenoxy) is 2. The maximum atomic E-state index is 12.0. The minimum atomic E-state index is -0.354. The zero-order chi connectivity index (χ0) is 13.5. The molecule has 1 heterocycles. The summed E-state index contributed by atoms with van der Waals surface area (Å²) < 4.78 is 10.6. The van der Waals surface area contributed by atoms with Gasteiger partial charge in [-0.25, -0.2) is 4.79 Å². The summed E-state index contributed by atoms with van der Waals surface area (Å²) in [6, 6.07) is 9.56. The van der Waals surface area contributed by atoms with E-state index in [1.54, 1.807) is 4.90 Å². The first-order valence-corrected chi connectivity index (χ1v) is 6.44. The Balaban J connectivity index is 1.84. The zero-order valence-corrected chi connectivity index (χ0v) is 10.8. The lowest BCUT2D eigenvalue weighted by Crippen LogP contribution is -2.37. The van der Waals surface area contributed by atoms with Crippen LogP contribution in [-0.4, -0.2) is 49.0 Å². The van der Waals surface area contributed by atoms with Crippen molar-refractivity contribution in [1.82, 2.24) is 4.90 Å². The van der Waals surface area contributed by atoms with Crippen molar-refractivity contribution >= 4 is 6.09 Å². The second kappa shape index (κ2) is 7.11. The third kappa shape index (κ3) is 4.22. The van der Waals surface area contributed by atoms with Crippen molar-refractivity contribution < 1.29 is 19.4 Å². The molecule has 0 aromatic heterocycles. The molecule has 1 unspecified atom stereocenters. The fraction of sp³-hybridized carbons (Fsp3) is 0.500. The van der Waals surface area contributed by atoms with Crippen LogP contribution in [0.3, 0.4) is 0 Å². The van der Waals surface area contributed by atoms with Gasteiger partial charge in [0.1, 0.15) is 6.61 Å². The molecule has 0 aliphatic carbocycles. The van der Waals surface area contributed by atoms with E-state index in [1.165, 1.54) is 0 Å². The summed E-state index contributed by atoms with van der Waals surface area (Å²) in [5, 5.41) is 9.16. The van der Waals surface area contributed by atoms with Gasteiger partial charge >= 0.3 is 6.09 Å². The van der Waals surface area contributed by atoms with E-state index in [1.807, 2.05) is 30.3 Å². The Morgan fingerprint density at radius 1 is 1.42 bits per heavy atom. The van der Waals surface area contributed by atoms with Crippen molar-refractivity contribution in [2.45, 2.75) is 6.61 Å². The van der Waals surface area contributed by atoms with Gasteiger partial charge in [-0.1, -0.05) is 30.3 Å². The summed E-state index contributed by atoms with van der Waals surface area (Å²) in [5.41, 5.74) is 0.959. The lowest BCUT2D eigenvalue weighted by atomic mass is 10.2. The molecule has 1 aliphatic rings. The Kier molecular flexibility index (Phi) is 5.18. The van der Waals surface area contributed by atoms with Crippen molar-refractivity contribution in [3.63, 3.8) is 0 Å². The highest BCUT2D eigenvalue weighted by molar-refractivity contribution is 5.67. The first-order valence-electron chi connectivity index (χ1n) is 6.44. The lowest BCUT2D eigenvalue weighted by molar-refractivity contribution is 0.0894. The quantitative estimate of drug-likeness (QED) is 0.894. The van der Waals surface area contributed by atoms with Crippen LogP contribution in [0, 0.1) is 5.92 Å². The predicted molar refractivity (Wildman–Crippen MR) is 69.6 cm³/mol. The molecule has 19 heavy (non-hydrogen) atoms. The van der Waals surface area contributed by atoms with Gasteiger partial charge in [0.05, 0.1) is 13.2 Å². The van der Waals surface area contributed by atoms with E-state index >= 15 is 0 Å². The van der Waals surface area contributed by atoms with Crippen LogP contribution in [0.5, 0.6) is 0 Å². The summed E-state index contributed by atoms with van der Waals surface area (Å²) in [5.74, 6) is -0.0354. The van der Waals surface area contributed by atoms with Gasteiger partial charge in [-0.3, -0.25) is 0 Å². The molecule has 1 aromatic rings. The molecule has 1 aliphatic heterocycles. The van der Waals surface area contributed by atoms with Crippen molar-refractivity contribution in [3.05, 3.63) is 35.9 Å². The maximum Gasteiger partial charge on any atom is 0.410 e. The van der Waals surface area contributed by atoms with Crippen LogP contribution in [0.25, 0.3) is 0 Å². The summed E-state index contributed by atoms with van der Waals surface area (Å²) in [7, 11) is 0. The zero-order valence-electron chi connectivity index (χ0n) is 10.8. The Labute approximate surface area is 112 Å². The lowest BCUT2D eigenvalue weighted by Gasteiger charge is -2.22. The van der Waals surface area contributed by atoms with E-state index in [4.69, 9.17) is 14.6 Å². The van der Waals surface area contributed by atoms with Gasteiger partial charge in [-0.05, 0) is 5.56 Å². The van der Waals surface area contributed by atoms with Gasteiger partial charge in [0.25, 0.3) is 0 Å². The van der Waals surface area contributed by atoms with Crippen LogP contribution < -0.4 is 0 Å². The molecule has 1 N–H and O–H groups in total. The van der Waals surface area contributed by atoms with Gasteiger partial charge in [0.15, 0.2) is 0 Å². The number of aliphatic hydroxyl groups excluding tert-OH is 1. The number of carbonyl (C=O) groups excluding carboxylic acids is 1. The maximum absolute atomic E-state index is 12.0. The van der Waals surface area contributed by atoms with E-state index in [9.17, 15) is 4.79 Å². The molecule has 0 saturated carbocycles. The standard InChI is InChI=1S/C14H19NO4/c16-9-13-8-15(6-7-18-10-13)14(17)19-11-12-4-2-1-3-5-12/h1-5,13,16H,6-11H2. The number of rotatable bonds is 3. The Morgan fingerprint density at radius 3 is 2.95 bits per heavy atom. The molecule has 1 fully saturated rings. The van der Waals surface area contributed by atoms with Crippen LogP contribution >= 0.6 is 0 Å². The van der Waals surface area contributed by atoms with Crippen molar-refractivity contribution in [3.8, 4) is 0 Å². The molecule has 0 spiro atoms. The van der Waals surface area contributed by atoms with E-state index < -0.39 is 0 Å². The van der Waals surface area contributed by atoms with Crippen LogP contribution in [-0.2, 0) is 16.1 Å². The third-order valence-electron chi connectivity index (χ3n) is 3.06. The second-order valence-electron chi connectivity index (χ2n) is 4.61. The average molecular weight is 265 g/mol. The van der Waals surface area contributed by atoms with Crippen LogP contribution in [0.2, 0.25) is 0 Å². The number of nitrogens with zero attached hydrogens (tertiary/aromatic N) is 1. The van der Waals surface area contributed by atoms with Crippen molar-refractivity contribution in [2.24, 2.45) is 5.92 Å². The summed E-state index contributed by atoms with van der Waals surface area (Å²) in [6.45, 7) is 2.23. The minimum absolute atomic E-state index is 0.0163. The van der Waals surface area contributed by atoms with E-state index in [2.05, 4.69) is 0 Å². The third-order valence-corrected chi connectivity index (χ3v) is 3.06. The summed E-state index contributed by atoms with van der Waals surface area (Å²) in [6.07, 6.45) is -0.354. The Bertz CT molecular complexity index is 396. The minimum Gasteiger partial charge on any atom is -0.445 e. The molecular formula is C14H19NO4. The SMILES string of the molecule is O=C(OCc1ccccc1)N1CCOCC(CO)C1. The van der Waals surface area contributed by atoms with Crippen LogP contribution in [0.15, 0.2) is 30.3 Å². The molecule has 1 saturated heterocycles. The largest absolute Gasteiger partial charge is 0.445 e. The summed E-state index contributed by atoms with van der Waals surface area (Å²) in [4.78, 5) is 13.5. The number of benzene rings is 1. The predicted octanol–water partition coefficient (Wildman–Crippen LogP) is 1.26. The van der Waals surface area contributed by atoms with Gasteiger partial charge in [0, 0.05) is 25.6 Å². The molecule has 0 bridgehead atoms. The highest BCUT2D eigenvalue weighted by Gasteiger charge is 2.22. The molecule has 0 radical (unpaired) electrons. The normalized spacial score (nSPS) is 19.8. The van der Waals surface area contributed by atoms with Gasteiger partial charge < -0.3 is 19.5 Å². The average Bonchev–Trinajstić information content (AvgIpc) is 2.71. The number of aliphatic hydroxyl groups is 1. The fourth-order valence-electron chi connectivity index (χ4n) is 1.97. The number of hydrogen-bond donors (Lipinski definition) is 1. The smallest absolute Gasteiger partial charge is 0.410 e. The molecule has 5 heteroatoms. The molecule has 2 rings (SSSR count). The Morgan fingerprint density at radius 2 is 2.21 bits per heavy atom. The van der Waals surface area contributed by atoms with Gasteiger partial charge in [-0.2, -0.15) is 0 Å². The molecule has 5 nitrogen and oxygen atoms in total. The van der Waals surface area contributed by atoms with E-state index in [0.29, 0.717) is 26.3 Å². The number of hydrogen-bond acceptors (Lipinski definition) is 4. The topological polar surface area (TPSA) is 59.0 Å². The van der Waals surface area contributed by atoms with Crippen LogP contribution in [0.1, 0.15) is 5.56 Å². The van der Waals surface area contributed by atoms with Crippen molar-refractivity contribution in [2.75, 3.05) is 32.9 Å². The molecule has 1 atom stereocenters. The van der Waals surface area contributed by atoms with Crippen molar-refractivity contribution in [1.29, 1.82) is 0 Å². The van der Waals surface area contributed by atoms with Gasteiger partial charge in [0.2, 0.25) is 0 Å². The van der Waals surface area contributed by atoms with E-state index in [0.717, 1.165) is 5.56 Å². The molecule has 1 aromatic carbocycles. The number of carbonyl (C=O) groups is 1.